The van der Waals surface area contributed by atoms with Gasteiger partial charge in [-0.25, -0.2) is 9.18 Å². The molecule has 1 atom stereocenters. The third kappa shape index (κ3) is 7.20. The number of carbonyl (C=O) groups is 3. The molecule has 1 aliphatic rings. The van der Waals surface area contributed by atoms with Crippen molar-refractivity contribution in [2.24, 2.45) is 4.99 Å². The van der Waals surface area contributed by atoms with Crippen LogP contribution in [0, 0.1) is 5.82 Å². The summed E-state index contributed by atoms with van der Waals surface area (Å²) >= 11 is 5.84. The molecule has 208 valence electrons. The van der Waals surface area contributed by atoms with E-state index < -0.39 is 34.8 Å². The molecule has 0 aliphatic carbocycles. The first-order valence-electron chi connectivity index (χ1n) is 12.1. The van der Waals surface area contributed by atoms with Crippen molar-refractivity contribution in [2.75, 3.05) is 18.6 Å². The number of nitrogens with zero attached hydrogens (tertiary/aromatic N) is 2. The molecule has 0 spiro atoms. The van der Waals surface area contributed by atoms with Crippen molar-refractivity contribution in [2.45, 2.75) is 57.8 Å². The summed E-state index contributed by atoms with van der Waals surface area (Å²) in [5.74, 6) is -2.71. The molecule has 2 N–H and O–H groups in total. The van der Waals surface area contributed by atoms with Crippen LogP contribution in [0.25, 0.3) is 0 Å². The monoisotopic (exact) mass is 561 g/mol. The zero-order chi connectivity index (χ0) is 29.0. The number of anilines is 1. The van der Waals surface area contributed by atoms with Gasteiger partial charge in [0.25, 0.3) is 11.8 Å². The number of amides is 2. The molecule has 2 aromatic rings. The SMILES string of the molecule is COC(=O)CCc1cc(N2CCC(O)(C(=O)NCc3cc(F)cc(Cl)c3)C2=O)cc(N=C=O)c1OC(C)(C)C. The second-order valence-corrected chi connectivity index (χ2v) is 10.4. The molecule has 1 heterocycles. The van der Waals surface area contributed by atoms with Gasteiger partial charge >= 0.3 is 5.97 Å². The number of nitrogens with one attached hydrogen (secondary N) is 1. The zero-order valence-electron chi connectivity index (χ0n) is 22.0. The highest BCUT2D eigenvalue weighted by Crippen LogP contribution is 2.41. The van der Waals surface area contributed by atoms with E-state index in [2.05, 4.69) is 10.3 Å². The van der Waals surface area contributed by atoms with Gasteiger partial charge in [0, 0.05) is 36.6 Å². The van der Waals surface area contributed by atoms with Crippen molar-refractivity contribution < 1.29 is 38.1 Å². The number of isocyanates is 1. The van der Waals surface area contributed by atoms with Gasteiger partial charge in [0.15, 0.2) is 0 Å². The van der Waals surface area contributed by atoms with Gasteiger partial charge in [0.1, 0.15) is 22.9 Å². The van der Waals surface area contributed by atoms with Crippen LogP contribution in [-0.4, -0.2) is 53.8 Å². The summed E-state index contributed by atoms with van der Waals surface area (Å²) in [5, 5.41) is 13.6. The number of halogens is 2. The first kappa shape index (κ1) is 29.8. The number of aliphatic hydroxyl groups is 1. The van der Waals surface area contributed by atoms with Gasteiger partial charge in [-0.1, -0.05) is 11.6 Å². The van der Waals surface area contributed by atoms with Gasteiger partial charge in [-0.15, -0.1) is 0 Å². The Balaban J connectivity index is 1.92. The lowest BCUT2D eigenvalue weighted by Crippen LogP contribution is -2.52. The first-order valence-corrected chi connectivity index (χ1v) is 12.4. The molecule has 0 aromatic heterocycles. The molecule has 0 saturated carbocycles. The summed E-state index contributed by atoms with van der Waals surface area (Å²) in [6, 6.07) is 6.71. The number of carbonyl (C=O) groups excluding carboxylic acids is 4. The smallest absolute Gasteiger partial charge is 0.305 e. The molecule has 1 saturated heterocycles. The normalized spacial score (nSPS) is 17.0. The Morgan fingerprint density at radius 1 is 1.26 bits per heavy atom. The van der Waals surface area contributed by atoms with Crippen LogP contribution in [0.1, 0.15) is 44.7 Å². The van der Waals surface area contributed by atoms with Crippen LogP contribution in [0.15, 0.2) is 35.3 Å². The maximum absolute atomic E-state index is 13.6. The largest absolute Gasteiger partial charge is 0.486 e. The fraction of sp³-hybridized carbons (Fsp3) is 0.407. The van der Waals surface area contributed by atoms with Gasteiger partial charge in [-0.05, 0) is 68.7 Å². The quantitative estimate of drug-likeness (QED) is 0.207. The maximum atomic E-state index is 13.6. The molecule has 10 nitrogen and oxygen atoms in total. The van der Waals surface area contributed by atoms with E-state index in [0.29, 0.717) is 11.1 Å². The molecule has 0 radical (unpaired) electrons. The van der Waals surface area contributed by atoms with E-state index in [1.165, 1.54) is 36.3 Å². The van der Waals surface area contributed by atoms with Crippen LogP contribution >= 0.6 is 11.6 Å². The summed E-state index contributed by atoms with van der Waals surface area (Å²) in [5.41, 5.74) is -1.98. The molecule has 0 bridgehead atoms. The number of hydrogen-bond donors (Lipinski definition) is 2. The van der Waals surface area contributed by atoms with Crippen LogP contribution in [0.4, 0.5) is 15.8 Å². The molecule has 1 aliphatic heterocycles. The van der Waals surface area contributed by atoms with E-state index in [-0.39, 0.29) is 54.5 Å². The molecule has 1 fully saturated rings. The predicted octanol–water partition coefficient (Wildman–Crippen LogP) is 3.51. The number of ether oxygens (including phenoxy) is 2. The highest BCUT2D eigenvalue weighted by atomic mass is 35.5. The third-order valence-corrected chi connectivity index (χ3v) is 6.11. The van der Waals surface area contributed by atoms with Gasteiger partial charge in [0.05, 0.1) is 7.11 Å². The van der Waals surface area contributed by atoms with Crippen molar-refractivity contribution >= 4 is 46.8 Å². The Labute approximate surface area is 229 Å². The second kappa shape index (κ2) is 11.9. The van der Waals surface area contributed by atoms with Crippen molar-refractivity contribution in [1.82, 2.24) is 5.32 Å². The lowest BCUT2D eigenvalue weighted by atomic mass is 10.0. The van der Waals surface area contributed by atoms with Gasteiger partial charge in [-0.3, -0.25) is 14.4 Å². The minimum Gasteiger partial charge on any atom is -0.486 e. The molecule has 39 heavy (non-hydrogen) atoms. The maximum Gasteiger partial charge on any atom is 0.305 e. The Bertz CT molecular complexity index is 1320. The van der Waals surface area contributed by atoms with E-state index in [0.717, 1.165) is 6.07 Å². The Morgan fingerprint density at radius 2 is 1.97 bits per heavy atom. The van der Waals surface area contributed by atoms with E-state index >= 15 is 0 Å². The van der Waals surface area contributed by atoms with Crippen molar-refractivity contribution in [3.05, 3.63) is 52.3 Å². The number of benzene rings is 2. The zero-order valence-corrected chi connectivity index (χ0v) is 22.7. The van der Waals surface area contributed by atoms with Crippen LogP contribution in [-0.2, 0) is 36.9 Å². The van der Waals surface area contributed by atoms with Gasteiger partial charge < -0.3 is 24.8 Å². The highest BCUT2D eigenvalue weighted by molar-refractivity contribution is 6.30. The third-order valence-electron chi connectivity index (χ3n) is 5.89. The van der Waals surface area contributed by atoms with Crippen molar-refractivity contribution in [1.29, 1.82) is 0 Å². The van der Waals surface area contributed by atoms with E-state index in [9.17, 15) is 28.7 Å². The molecule has 12 heteroatoms. The number of hydrogen-bond acceptors (Lipinski definition) is 8. The highest BCUT2D eigenvalue weighted by Gasteiger charge is 2.51. The molecular formula is C27H29ClFN3O7. The first-order chi connectivity index (χ1) is 18.3. The predicted molar refractivity (Wildman–Crippen MR) is 140 cm³/mol. The lowest BCUT2D eigenvalue weighted by Gasteiger charge is -2.26. The summed E-state index contributed by atoms with van der Waals surface area (Å²) in [7, 11) is 1.26. The number of methoxy groups -OCH3 is 1. The number of aryl methyl sites for hydroxylation is 1. The fourth-order valence-electron chi connectivity index (χ4n) is 4.10. The van der Waals surface area contributed by atoms with Crippen LogP contribution in [0.3, 0.4) is 0 Å². The van der Waals surface area contributed by atoms with E-state index in [4.69, 9.17) is 21.1 Å². The minimum absolute atomic E-state index is 0.0188. The van der Waals surface area contributed by atoms with Crippen LogP contribution in [0.2, 0.25) is 5.02 Å². The Hall–Kier alpha value is -3.79. The average molecular weight is 562 g/mol. The number of esters is 1. The van der Waals surface area contributed by atoms with Crippen LogP contribution < -0.4 is 15.0 Å². The van der Waals surface area contributed by atoms with Crippen molar-refractivity contribution in [3.63, 3.8) is 0 Å². The fourth-order valence-corrected chi connectivity index (χ4v) is 4.34. The number of rotatable bonds is 9. The summed E-state index contributed by atoms with van der Waals surface area (Å²) < 4.78 is 24.4. The topological polar surface area (TPSA) is 135 Å². The van der Waals surface area contributed by atoms with E-state index in [1.807, 2.05) is 0 Å². The summed E-state index contributed by atoms with van der Waals surface area (Å²) in [4.78, 5) is 54.2. The minimum atomic E-state index is -2.39. The summed E-state index contributed by atoms with van der Waals surface area (Å²) in [6.45, 7) is 5.18. The van der Waals surface area contributed by atoms with Gasteiger partial charge in [0.2, 0.25) is 11.7 Å². The summed E-state index contributed by atoms with van der Waals surface area (Å²) in [6.07, 6.45) is 1.35. The molecule has 1 unspecified atom stereocenters. The average Bonchev–Trinajstić information content (AvgIpc) is 3.16. The molecule has 2 aromatic carbocycles. The number of aliphatic imine (C=N–C) groups is 1. The second-order valence-electron chi connectivity index (χ2n) is 9.97. The van der Waals surface area contributed by atoms with Gasteiger partial charge in [-0.2, -0.15) is 4.99 Å². The lowest BCUT2D eigenvalue weighted by molar-refractivity contribution is -0.149. The molecule has 3 rings (SSSR count). The molecule has 2 amide bonds. The Kier molecular flexibility index (Phi) is 9.11. The van der Waals surface area contributed by atoms with E-state index in [1.54, 1.807) is 26.8 Å². The van der Waals surface area contributed by atoms with Crippen LogP contribution in [0.5, 0.6) is 5.75 Å². The molecular weight excluding hydrogens is 533 g/mol. The Morgan fingerprint density at radius 3 is 2.59 bits per heavy atom. The standard InChI is InChI=1S/C27H29ClFN3O7/c1-26(2,3)39-23-17(5-6-22(34)38-4)11-20(13-21(23)31-15-33)32-8-7-27(37,25(32)36)24(35)30-14-16-9-18(28)12-19(29)10-16/h9-13,37H,5-8,14H2,1-4H3,(H,30,35). The van der Waals surface area contributed by atoms with Crippen molar-refractivity contribution in [3.8, 4) is 5.75 Å².